The Morgan fingerprint density at radius 1 is 0.969 bits per heavy atom. The van der Waals surface area contributed by atoms with Crippen LogP contribution in [0.1, 0.15) is 64.9 Å². The Morgan fingerprint density at radius 3 is 2.38 bits per heavy atom. The van der Waals surface area contributed by atoms with Gasteiger partial charge in [-0.2, -0.15) is 0 Å². The van der Waals surface area contributed by atoms with Gasteiger partial charge in [-0.15, -0.1) is 0 Å². The van der Waals surface area contributed by atoms with E-state index in [1.807, 2.05) is 43.9 Å². The molecule has 2 amide bonds. The normalized spacial score (nSPS) is 25.3. The molecule has 1 aromatic rings. The van der Waals surface area contributed by atoms with Gasteiger partial charge in [0.15, 0.2) is 0 Å². The minimum absolute atomic E-state index is 0.0974. The monoisotopic (exact) mass is 441 g/mol. The highest BCUT2D eigenvalue weighted by Crippen LogP contribution is 2.36. The van der Waals surface area contributed by atoms with Crippen LogP contribution in [0.15, 0.2) is 30.3 Å². The smallest absolute Gasteiger partial charge is 0.411 e. The van der Waals surface area contributed by atoms with Crippen LogP contribution in [0.5, 0.6) is 0 Å². The topological polar surface area (TPSA) is 53.1 Å². The van der Waals surface area contributed by atoms with Crippen LogP contribution in [0.2, 0.25) is 0 Å². The van der Waals surface area contributed by atoms with Gasteiger partial charge >= 0.3 is 6.09 Å². The van der Waals surface area contributed by atoms with Crippen molar-refractivity contribution < 1.29 is 14.3 Å². The van der Waals surface area contributed by atoms with Crippen molar-refractivity contribution in [1.29, 1.82) is 0 Å². The number of rotatable bonds is 4. The van der Waals surface area contributed by atoms with Crippen molar-refractivity contribution >= 4 is 12.0 Å². The molecule has 32 heavy (non-hydrogen) atoms. The maximum absolute atomic E-state index is 14.2. The van der Waals surface area contributed by atoms with Crippen LogP contribution in [-0.2, 0) is 16.0 Å². The van der Waals surface area contributed by atoms with E-state index in [4.69, 9.17) is 4.74 Å². The Kier molecular flexibility index (Phi) is 6.80. The maximum atomic E-state index is 14.2. The molecule has 2 aliphatic heterocycles. The second-order valence-electron chi connectivity index (χ2n) is 10.7. The Balaban J connectivity index is 1.58. The summed E-state index contributed by atoms with van der Waals surface area (Å²) in [5.41, 5.74) is -0.371. The van der Waals surface area contributed by atoms with Gasteiger partial charge < -0.3 is 9.64 Å². The largest absolute Gasteiger partial charge is 0.444 e. The number of likely N-dealkylation sites (tertiary alicyclic amines) is 1. The predicted molar refractivity (Wildman–Crippen MR) is 125 cm³/mol. The zero-order chi connectivity index (χ0) is 22.8. The molecule has 0 radical (unpaired) electrons. The van der Waals surface area contributed by atoms with E-state index in [2.05, 4.69) is 17.0 Å². The van der Waals surface area contributed by atoms with Gasteiger partial charge in [0.05, 0.1) is 0 Å². The molecule has 3 fully saturated rings. The minimum atomic E-state index is -0.866. The first-order valence-electron chi connectivity index (χ1n) is 12.4. The molecule has 0 spiro atoms. The van der Waals surface area contributed by atoms with Crippen molar-refractivity contribution in [1.82, 2.24) is 14.7 Å². The van der Waals surface area contributed by atoms with Gasteiger partial charge in [0.2, 0.25) is 5.91 Å². The van der Waals surface area contributed by atoms with Crippen LogP contribution in [-0.4, -0.2) is 76.6 Å². The molecule has 1 atom stereocenters. The lowest BCUT2D eigenvalue weighted by Crippen LogP contribution is -2.60. The fourth-order valence-electron chi connectivity index (χ4n) is 5.43. The maximum Gasteiger partial charge on any atom is 0.411 e. The van der Waals surface area contributed by atoms with Crippen LogP contribution in [0.25, 0.3) is 0 Å². The summed E-state index contributed by atoms with van der Waals surface area (Å²) < 4.78 is 5.76. The summed E-state index contributed by atoms with van der Waals surface area (Å²) in [5, 5.41) is 0. The summed E-state index contributed by atoms with van der Waals surface area (Å²) in [6.07, 6.45) is 6.57. The van der Waals surface area contributed by atoms with Gasteiger partial charge in [0, 0.05) is 45.2 Å². The van der Waals surface area contributed by atoms with E-state index in [-0.39, 0.29) is 12.0 Å². The molecule has 0 N–H and O–H groups in total. The van der Waals surface area contributed by atoms with Crippen molar-refractivity contribution in [2.45, 2.75) is 82.9 Å². The lowest BCUT2D eigenvalue weighted by Gasteiger charge is -2.41. The van der Waals surface area contributed by atoms with E-state index in [9.17, 15) is 9.59 Å². The Labute approximate surface area is 192 Å². The predicted octanol–water partition coefficient (Wildman–Crippen LogP) is 4.09. The highest BCUT2D eigenvalue weighted by molar-refractivity contribution is 5.91. The summed E-state index contributed by atoms with van der Waals surface area (Å²) in [4.78, 5) is 33.8. The molecule has 3 aliphatic rings. The third kappa shape index (κ3) is 4.95. The number of amides is 2. The fraction of sp³-hybridized carbons (Fsp3) is 0.692. The van der Waals surface area contributed by atoms with Gasteiger partial charge in [-0.1, -0.05) is 36.8 Å². The van der Waals surface area contributed by atoms with Gasteiger partial charge in [-0.05, 0) is 58.4 Å². The highest BCUT2D eigenvalue weighted by atomic mass is 16.6. The molecule has 6 nitrogen and oxygen atoms in total. The second-order valence-corrected chi connectivity index (χ2v) is 10.7. The van der Waals surface area contributed by atoms with E-state index in [1.165, 1.54) is 19.3 Å². The number of hydrogen-bond acceptors (Lipinski definition) is 4. The van der Waals surface area contributed by atoms with Crippen molar-refractivity contribution in [3.8, 4) is 0 Å². The quantitative estimate of drug-likeness (QED) is 0.706. The zero-order valence-electron chi connectivity index (χ0n) is 20.0. The van der Waals surface area contributed by atoms with Gasteiger partial charge in [-0.3, -0.25) is 14.6 Å². The molecule has 1 saturated carbocycles. The highest BCUT2D eigenvalue weighted by Gasteiger charge is 2.52. The van der Waals surface area contributed by atoms with Crippen molar-refractivity contribution in [3.05, 3.63) is 35.9 Å². The van der Waals surface area contributed by atoms with Gasteiger partial charge in [-0.25, -0.2) is 4.79 Å². The Hall–Kier alpha value is -2.08. The van der Waals surface area contributed by atoms with E-state index < -0.39 is 11.1 Å². The standard InChI is InChI=1S/C26H39N3O3/c1-25(2,3)32-24(31)29-17-8-14-26(29,20-21-10-5-4-6-11-21)23(30)28-16-9-15-27(18-19-28)22-12-7-13-22/h4-6,10-11,22H,7-9,12-20H2,1-3H3. The van der Waals surface area contributed by atoms with Crippen LogP contribution in [0.3, 0.4) is 0 Å². The van der Waals surface area contributed by atoms with Crippen molar-refractivity contribution in [2.75, 3.05) is 32.7 Å². The molecule has 1 aromatic carbocycles. The minimum Gasteiger partial charge on any atom is -0.444 e. The van der Waals surface area contributed by atoms with Gasteiger partial charge in [0.25, 0.3) is 0 Å². The van der Waals surface area contributed by atoms with Crippen LogP contribution >= 0.6 is 0 Å². The number of hydrogen-bond donors (Lipinski definition) is 0. The number of benzene rings is 1. The molecule has 176 valence electrons. The Morgan fingerprint density at radius 2 is 1.72 bits per heavy atom. The average Bonchev–Trinajstić information content (AvgIpc) is 2.98. The molecule has 1 aliphatic carbocycles. The van der Waals surface area contributed by atoms with Crippen LogP contribution in [0, 0.1) is 0 Å². The molecule has 2 saturated heterocycles. The van der Waals surface area contributed by atoms with Crippen molar-refractivity contribution in [3.63, 3.8) is 0 Å². The van der Waals surface area contributed by atoms with Gasteiger partial charge in [0.1, 0.15) is 11.1 Å². The number of nitrogens with zero attached hydrogens (tertiary/aromatic N) is 3. The molecular formula is C26H39N3O3. The first kappa shape index (κ1) is 23.1. The molecule has 6 heteroatoms. The van der Waals surface area contributed by atoms with E-state index in [1.54, 1.807) is 4.90 Å². The molecule has 0 bridgehead atoms. The molecule has 1 unspecified atom stereocenters. The number of carbonyl (C=O) groups is 2. The van der Waals surface area contributed by atoms with E-state index >= 15 is 0 Å². The van der Waals surface area contributed by atoms with Crippen molar-refractivity contribution in [2.24, 2.45) is 0 Å². The van der Waals surface area contributed by atoms with Crippen LogP contribution < -0.4 is 0 Å². The first-order chi connectivity index (χ1) is 15.3. The molecule has 0 aromatic heterocycles. The summed E-state index contributed by atoms with van der Waals surface area (Å²) in [6, 6.07) is 10.8. The van der Waals surface area contributed by atoms with E-state index in [0.717, 1.165) is 44.6 Å². The third-order valence-corrected chi connectivity index (χ3v) is 7.25. The fourth-order valence-corrected chi connectivity index (χ4v) is 5.43. The molecule has 4 rings (SSSR count). The second kappa shape index (κ2) is 9.42. The van der Waals surface area contributed by atoms with E-state index in [0.29, 0.717) is 25.4 Å². The van der Waals surface area contributed by atoms with Crippen LogP contribution in [0.4, 0.5) is 4.79 Å². The number of carbonyl (C=O) groups excluding carboxylic acids is 2. The Bertz CT molecular complexity index is 802. The third-order valence-electron chi connectivity index (χ3n) is 7.25. The first-order valence-corrected chi connectivity index (χ1v) is 12.4. The summed E-state index contributed by atoms with van der Waals surface area (Å²) in [6.45, 7) is 9.72. The summed E-state index contributed by atoms with van der Waals surface area (Å²) >= 11 is 0. The molecule has 2 heterocycles. The average molecular weight is 442 g/mol. The zero-order valence-corrected chi connectivity index (χ0v) is 20.0. The lowest BCUT2D eigenvalue weighted by molar-refractivity contribution is -0.142. The lowest BCUT2D eigenvalue weighted by atomic mass is 9.86. The summed E-state index contributed by atoms with van der Waals surface area (Å²) in [5.74, 6) is 0.0974. The number of ether oxygens (including phenoxy) is 1. The molecular weight excluding hydrogens is 402 g/mol. The summed E-state index contributed by atoms with van der Waals surface area (Å²) in [7, 11) is 0. The SMILES string of the molecule is CC(C)(C)OC(=O)N1CCCC1(Cc1ccccc1)C(=O)N1CCCN(C2CCC2)CC1.